The van der Waals surface area contributed by atoms with E-state index < -0.39 is 0 Å². The zero-order valence-electron chi connectivity index (χ0n) is 5.68. The first-order valence-corrected chi connectivity index (χ1v) is 2.75. The van der Waals surface area contributed by atoms with Gasteiger partial charge in [0.2, 0.25) is 0 Å². The summed E-state index contributed by atoms with van der Waals surface area (Å²) < 4.78 is 0. The fourth-order valence-corrected chi connectivity index (χ4v) is 0.294. The molecular weight excluding hydrogens is 100 g/mol. The number of hydrogen-bond acceptors (Lipinski definition) is 2. The number of hydrogen-bond donors (Lipinski definition) is 0. The van der Waals surface area contributed by atoms with E-state index >= 15 is 0 Å². The molecule has 0 bridgehead atoms. The van der Waals surface area contributed by atoms with Gasteiger partial charge in [0.15, 0.2) is 0 Å². The van der Waals surface area contributed by atoms with Gasteiger partial charge in [0, 0.05) is 6.04 Å². The van der Waals surface area contributed by atoms with Crippen molar-refractivity contribution >= 4 is 0 Å². The third-order valence-electron chi connectivity index (χ3n) is 1.20. The molecule has 0 saturated carbocycles. The Balaban J connectivity index is 3.35. The van der Waals surface area contributed by atoms with E-state index in [1.807, 2.05) is 11.9 Å². The Bertz CT molecular complexity index is 91.2. The quantitative estimate of drug-likeness (QED) is 0.495. The summed E-state index contributed by atoms with van der Waals surface area (Å²) in [6.07, 6.45) is 0. The van der Waals surface area contributed by atoms with Gasteiger partial charge in [-0.1, -0.05) is 0 Å². The lowest BCUT2D eigenvalue weighted by Crippen LogP contribution is -2.26. The summed E-state index contributed by atoms with van der Waals surface area (Å²) in [5.41, 5.74) is 0. The van der Waals surface area contributed by atoms with Crippen LogP contribution in [-0.2, 0) is 0 Å². The van der Waals surface area contributed by atoms with E-state index in [2.05, 4.69) is 19.9 Å². The maximum atomic E-state index is 8.19. The average molecular weight is 112 g/mol. The molecule has 46 valence electrons. The van der Waals surface area contributed by atoms with Crippen molar-refractivity contribution in [2.75, 3.05) is 13.6 Å². The van der Waals surface area contributed by atoms with Crippen LogP contribution in [0.1, 0.15) is 13.8 Å². The molecule has 0 aromatic carbocycles. The van der Waals surface area contributed by atoms with Gasteiger partial charge in [-0.25, -0.2) is 0 Å². The molecule has 0 aliphatic carbocycles. The minimum absolute atomic E-state index is 0.481. The number of nitrogens with zero attached hydrogens (tertiary/aromatic N) is 2. The van der Waals surface area contributed by atoms with Gasteiger partial charge >= 0.3 is 0 Å². The summed E-state index contributed by atoms with van der Waals surface area (Å²) in [5.74, 6) is 0. The smallest absolute Gasteiger partial charge is 0.0865 e. The van der Waals surface area contributed by atoms with Crippen LogP contribution in [0.2, 0.25) is 0 Å². The molecule has 0 unspecified atom stereocenters. The van der Waals surface area contributed by atoms with Gasteiger partial charge in [-0.05, 0) is 20.9 Å². The molecule has 0 N–H and O–H groups in total. The van der Waals surface area contributed by atoms with E-state index in [9.17, 15) is 0 Å². The van der Waals surface area contributed by atoms with Crippen molar-refractivity contribution in [1.82, 2.24) is 4.90 Å². The maximum absolute atomic E-state index is 8.19. The highest BCUT2D eigenvalue weighted by molar-refractivity contribution is 4.75. The van der Waals surface area contributed by atoms with E-state index in [1.165, 1.54) is 0 Å². The maximum Gasteiger partial charge on any atom is 0.0865 e. The second-order valence-electron chi connectivity index (χ2n) is 2.17. The Morgan fingerprint density at radius 2 is 2.12 bits per heavy atom. The molecular formula is C6H12N2. The molecule has 0 atom stereocenters. The lowest BCUT2D eigenvalue weighted by molar-refractivity contribution is 0.306. The molecule has 8 heavy (non-hydrogen) atoms. The highest BCUT2D eigenvalue weighted by Crippen LogP contribution is 1.89. The first-order chi connectivity index (χ1) is 3.68. The van der Waals surface area contributed by atoms with E-state index in [-0.39, 0.29) is 0 Å². The SMILES string of the molecule is CC(C)N(C)CC#N. The molecule has 0 radical (unpaired) electrons. The molecule has 2 nitrogen and oxygen atoms in total. The molecule has 0 amide bonds. The third-order valence-corrected chi connectivity index (χ3v) is 1.20. The minimum atomic E-state index is 0.481. The summed E-state index contributed by atoms with van der Waals surface area (Å²) in [4.78, 5) is 1.99. The zero-order chi connectivity index (χ0) is 6.57. The van der Waals surface area contributed by atoms with Crippen molar-refractivity contribution < 1.29 is 0 Å². The first kappa shape index (κ1) is 7.45. The third kappa shape index (κ3) is 2.59. The number of rotatable bonds is 2. The van der Waals surface area contributed by atoms with Crippen LogP contribution in [-0.4, -0.2) is 24.5 Å². The van der Waals surface area contributed by atoms with E-state index in [1.54, 1.807) is 0 Å². The van der Waals surface area contributed by atoms with Crippen molar-refractivity contribution in [3.05, 3.63) is 0 Å². The van der Waals surface area contributed by atoms with Crippen molar-refractivity contribution in [3.8, 4) is 6.07 Å². The highest BCUT2D eigenvalue weighted by atomic mass is 15.1. The summed E-state index contributed by atoms with van der Waals surface area (Å²) >= 11 is 0. The second-order valence-corrected chi connectivity index (χ2v) is 2.17. The topological polar surface area (TPSA) is 27.0 Å². The van der Waals surface area contributed by atoms with Gasteiger partial charge in [-0.2, -0.15) is 5.26 Å². The van der Waals surface area contributed by atoms with Crippen molar-refractivity contribution in [2.24, 2.45) is 0 Å². The average Bonchev–Trinajstić information content (AvgIpc) is 1.67. The standard InChI is InChI=1S/C6H12N2/c1-6(2)8(3)5-4-7/h6H,5H2,1-3H3. The van der Waals surface area contributed by atoms with E-state index in [0.717, 1.165) is 0 Å². The van der Waals surface area contributed by atoms with Crippen LogP contribution in [0.4, 0.5) is 0 Å². The van der Waals surface area contributed by atoms with Crippen molar-refractivity contribution in [3.63, 3.8) is 0 Å². The Morgan fingerprint density at radius 1 is 1.62 bits per heavy atom. The predicted molar refractivity (Wildman–Crippen MR) is 33.4 cm³/mol. The first-order valence-electron chi connectivity index (χ1n) is 2.75. The van der Waals surface area contributed by atoms with Crippen LogP contribution in [0.15, 0.2) is 0 Å². The van der Waals surface area contributed by atoms with Gasteiger partial charge in [-0.3, -0.25) is 4.90 Å². The number of nitriles is 1. The summed E-state index contributed by atoms with van der Waals surface area (Å²) in [6, 6.07) is 2.56. The van der Waals surface area contributed by atoms with Crippen LogP contribution in [0.5, 0.6) is 0 Å². The Hall–Kier alpha value is -0.550. The van der Waals surface area contributed by atoms with Gasteiger partial charge in [0.05, 0.1) is 12.6 Å². The summed E-state index contributed by atoms with van der Waals surface area (Å²) in [7, 11) is 1.94. The van der Waals surface area contributed by atoms with Crippen LogP contribution in [0.25, 0.3) is 0 Å². The molecule has 0 aromatic heterocycles. The van der Waals surface area contributed by atoms with E-state index in [0.29, 0.717) is 12.6 Å². The zero-order valence-corrected chi connectivity index (χ0v) is 5.68. The van der Waals surface area contributed by atoms with Gasteiger partial charge < -0.3 is 0 Å². The molecule has 0 rings (SSSR count). The molecule has 0 fully saturated rings. The lowest BCUT2D eigenvalue weighted by Gasteiger charge is -2.15. The molecule has 0 spiro atoms. The Kier molecular flexibility index (Phi) is 3.21. The predicted octanol–water partition coefficient (Wildman–Crippen LogP) is 0.850. The van der Waals surface area contributed by atoms with Crippen LogP contribution in [0.3, 0.4) is 0 Å². The molecule has 0 saturated heterocycles. The fraction of sp³-hybridized carbons (Fsp3) is 0.833. The minimum Gasteiger partial charge on any atom is -0.291 e. The molecule has 2 heteroatoms. The van der Waals surface area contributed by atoms with Crippen LogP contribution < -0.4 is 0 Å². The second kappa shape index (κ2) is 3.45. The molecule has 0 aliphatic heterocycles. The van der Waals surface area contributed by atoms with Crippen molar-refractivity contribution in [2.45, 2.75) is 19.9 Å². The monoisotopic (exact) mass is 112 g/mol. The fourth-order valence-electron chi connectivity index (χ4n) is 0.294. The largest absolute Gasteiger partial charge is 0.291 e. The van der Waals surface area contributed by atoms with Crippen molar-refractivity contribution in [1.29, 1.82) is 5.26 Å². The Morgan fingerprint density at radius 3 is 2.25 bits per heavy atom. The van der Waals surface area contributed by atoms with Crippen LogP contribution >= 0.6 is 0 Å². The normalized spacial score (nSPS) is 10.0. The summed E-state index contributed by atoms with van der Waals surface area (Å²) in [6.45, 7) is 4.66. The van der Waals surface area contributed by atoms with Gasteiger partial charge in [-0.15, -0.1) is 0 Å². The Labute approximate surface area is 50.7 Å². The van der Waals surface area contributed by atoms with Gasteiger partial charge in [0.1, 0.15) is 0 Å². The van der Waals surface area contributed by atoms with Gasteiger partial charge in [0.25, 0.3) is 0 Å². The van der Waals surface area contributed by atoms with Crippen LogP contribution in [0, 0.1) is 11.3 Å². The highest BCUT2D eigenvalue weighted by Gasteiger charge is 1.98. The lowest BCUT2D eigenvalue weighted by atomic mass is 10.3. The van der Waals surface area contributed by atoms with E-state index in [4.69, 9.17) is 5.26 Å². The summed E-state index contributed by atoms with van der Waals surface area (Å²) in [5, 5.41) is 8.19. The molecule has 0 aliphatic rings. The molecule has 0 aromatic rings. The molecule has 0 heterocycles.